The van der Waals surface area contributed by atoms with Gasteiger partial charge in [-0.2, -0.15) is 0 Å². The number of halogens is 1. The Hall–Kier alpha value is -0.690. The van der Waals surface area contributed by atoms with Crippen LogP contribution in [0.2, 0.25) is 0 Å². The van der Waals surface area contributed by atoms with E-state index in [-0.39, 0.29) is 0 Å². The molecule has 1 aromatic carbocycles. The number of hydrogen-bond acceptors (Lipinski definition) is 1. The summed E-state index contributed by atoms with van der Waals surface area (Å²) in [4.78, 5) is 0. The SMILES string of the molecule is C#CC(CCCI)CCOc1ccccc1. The molecule has 0 N–H and O–H groups in total. The summed E-state index contributed by atoms with van der Waals surface area (Å²) in [6.07, 6.45) is 8.74. The molecule has 0 aliphatic rings. The molecule has 0 aliphatic heterocycles. The summed E-state index contributed by atoms with van der Waals surface area (Å²) in [6, 6.07) is 9.87. The van der Waals surface area contributed by atoms with Crippen molar-refractivity contribution in [3.63, 3.8) is 0 Å². The maximum atomic E-state index is 5.62. The molecule has 1 atom stereocenters. The topological polar surface area (TPSA) is 9.23 Å². The van der Waals surface area contributed by atoms with Gasteiger partial charge in [0.05, 0.1) is 6.61 Å². The molecule has 16 heavy (non-hydrogen) atoms. The monoisotopic (exact) mass is 328 g/mol. The van der Waals surface area contributed by atoms with Crippen LogP contribution < -0.4 is 4.74 Å². The average molecular weight is 328 g/mol. The van der Waals surface area contributed by atoms with Gasteiger partial charge in [0.15, 0.2) is 0 Å². The Balaban J connectivity index is 2.21. The third-order valence-corrected chi connectivity index (χ3v) is 3.16. The van der Waals surface area contributed by atoms with Crippen LogP contribution in [0.1, 0.15) is 19.3 Å². The molecule has 0 aliphatic carbocycles. The molecule has 1 nitrogen and oxygen atoms in total. The number of ether oxygens (including phenoxy) is 1. The highest BCUT2D eigenvalue weighted by Crippen LogP contribution is 2.14. The fourth-order valence-electron chi connectivity index (χ4n) is 1.47. The zero-order chi connectivity index (χ0) is 11.6. The molecule has 0 spiro atoms. The van der Waals surface area contributed by atoms with Crippen LogP contribution in [0.5, 0.6) is 5.75 Å². The standard InChI is InChI=1S/C14H17IO/c1-2-13(7-6-11-15)10-12-16-14-8-4-3-5-9-14/h1,3-5,8-9,13H,6-7,10-12H2. The molecule has 1 aromatic rings. The first kappa shape index (κ1) is 13.4. The van der Waals surface area contributed by atoms with E-state index < -0.39 is 0 Å². The highest BCUT2D eigenvalue weighted by Gasteiger charge is 2.04. The molecule has 86 valence electrons. The number of para-hydroxylation sites is 1. The van der Waals surface area contributed by atoms with Gasteiger partial charge in [0.2, 0.25) is 0 Å². The number of hydrogen-bond donors (Lipinski definition) is 0. The zero-order valence-electron chi connectivity index (χ0n) is 9.36. The summed E-state index contributed by atoms with van der Waals surface area (Å²) in [6.45, 7) is 0.708. The Morgan fingerprint density at radius 2 is 2.00 bits per heavy atom. The van der Waals surface area contributed by atoms with E-state index in [0.29, 0.717) is 12.5 Å². The van der Waals surface area contributed by atoms with Crippen LogP contribution in [-0.4, -0.2) is 11.0 Å². The molecule has 0 amide bonds. The van der Waals surface area contributed by atoms with Gasteiger partial charge >= 0.3 is 0 Å². The molecule has 1 rings (SSSR count). The van der Waals surface area contributed by atoms with E-state index in [2.05, 4.69) is 28.5 Å². The lowest BCUT2D eigenvalue weighted by Gasteiger charge is -2.10. The second kappa shape index (κ2) is 8.46. The van der Waals surface area contributed by atoms with Gasteiger partial charge in [-0.1, -0.05) is 40.8 Å². The van der Waals surface area contributed by atoms with Crippen LogP contribution >= 0.6 is 22.6 Å². The van der Waals surface area contributed by atoms with Gasteiger partial charge in [0.25, 0.3) is 0 Å². The maximum absolute atomic E-state index is 5.62. The van der Waals surface area contributed by atoms with E-state index in [4.69, 9.17) is 11.2 Å². The molecule has 0 radical (unpaired) electrons. The van der Waals surface area contributed by atoms with Crippen molar-refractivity contribution >= 4 is 22.6 Å². The van der Waals surface area contributed by atoms with Crippen LogP contribution in [0.3, 0.4) is 0 Å². The number of benzene rings is 1. The smallest absolute Gasteiger partial charge is 0.119 e. The molecule has 0 heterocycles. The summed E-state index contributed by atoms with van der Waals surface area (Å²) < 4.78 is 6.80. The summed E-state index contributed by atoms with van der Waals surface area (Å²) >= 11 is 2.38. The molecule has 0 fully saturated rings. The van der Waals surface area contributed by atoms with E-state index in [0.717, 1.165) is 18.6 Å². The summed E-state index contributed by atoms with van der Waals surface area (Å²) in [5, 5.41) is 0. The lowest BCUT2D eigenvalue weighted by atomic mass is 10.0. The van der Waals surface area contributed by atoms with Gasteiger partial charge in [-0.15, -0.1) is 12.3 Å². The second-order valence-corrected chi connectivity index (χ2v) is 4.72. The summed E-state index contributed by atoms with van der Waals surface area (Å²) in [7, 11) is 0. The van der Waals surface area contributed by atoms with Crippen molar-refractivity contribution in [1.29, 1.82) is 0 Å². The minimum absolute atomic E-state index is 0.360. The molecule has 1 unspecified atom stereocenters. The van der Waals surface area contributed by atoms with Gasteiger partial charge in [0, 0.05) is 5.92 Å². The van der Waals surface area contributed by atoms with Gasteiger partial charge in [0.1, 0.15) is 5.75 Å². The Morgan fingerprint density at radius 3 is 2.62 bits per heavy atom. The average Bonchev–Trinajstić information content (AvgIpc) is 2.35. The second-order valence-electron chi connectivity index (χ2n) is 3.64. The van der Waals surface area contributed by atoms with Crippen LogP contribution in [-0.2, 0) is 0 Å². The quantitative estimate of drug-likeness (QED) is 0.419. The lowest BCUT2D eigenvalue weighted by molar-refractivity contribution is 0.290. The van der Waals surface area contributed by atoms with Crippen molar-refractivity contribution in [3.05, 3.63) is 30.3 Å². The molecule has 0 bridgehead atoms. The fourth-order valence-corrected chi connectivity index (χ4v) is 1.91. The third kappa shape index (κ3) is 5.41. The predicted molar refractivity (Wildman–Crippen MR) is 77.0 cm³/mol. The number of alkyl halides is 1. The predicted octanol–water partition coefficient (Wildman–Crippen LogP) is 3.92. The molecule has 0 aromatic heterocycles. The lowest BCUT2D eigenvalue weighted by Crippen LogP contribution is -2.05. The van der Waals surface area contributed by atoms with E-state index in [1.807, 2.05) is 30.3 Å². The number of terminal acetylenes is 1. The minimum Gasteiger partial charge on any atom is -0.494 e. The normalized spacial score (nSPS) is 11.8. The van der Waals surface area contributed by atoms with E-state index in [1.165, 1.54) is 10.8 Å². The molecule has 2 heteroatoms. The molecule has 0 saturated heterocycles. The first-order valence-electron chi connectivity index (χ1n) is 5.56. The van der Waals surface area contributed by atoms with Crippen molar-refractivity contribution in [3.8, 4) is 18.1 Å². The van der Waals surface area contributed by atoms with Crippen LogP contribution in [0.4, 0.5) is 0 Å². The van der Waals surface area contributed by atoms with E-state index in [1.54, 1.807) is 0 Å². The molecular formula is C14H17IO. The first-order chi connectivity index (χ1) is 7.86. The first-order valence-corrected chi connectivity index (χ1v) is 7.09. The van der Waals surface area contributed by atoms with Crippen molar-refractivity contribution in [2.45, 2.75) is 19.3 Å². The van der Waals surface area contributed by atoms with Gasteiger partial charge < -0.3 is 4.74 Å². The maximum Gasteiger partial charge on any atom is 0.119 e. The Bertz CT molecular complexity index is 315. The summed E-state index contributed by atoms with van der Waals surface area (Å²) in [5.41, 5.74) is 0. The molecule has 0 saturated carbocycles. The third-order valence-electron chi connectivity index (χ3n) is 2.40. The Kier molecular flexibility index (Phi) is 7.07. The van der Waals surface area contributed by atoms with Crippen molar-refractivity contribution in [2.75, 3.05) is 11.0 Å². The van der Waals surface area contributed by atoms with Crippen LogP contribution in [0, 0.1) is 18.3 Å². The minimum atomic E-state index is 0.360. The van der Waals surface area contributed by atoms with Gasteiger partial charge in [-0.05, 0) is 35.8 Å². The van der Waals surface area contributed by atoms with Crippen LogP contribution in [0.25, 0.3) is 0 Å². The number of rotatable bonds is 7. The Morgan fingerprint density at radius 1 is 1.25 bits per heavy atom. The Labute approximate surface area is 112 Å². The highest BCUT2D eigenvalue weighted by atomic mass is 127. The highest BCUT2D eigenvalue weighted by molar-refractivity contribution is 14.1. The fraction of sp³-hybridized carbons (Fsp3) is 0.429. The molecular weight excluding hydrogens is 311 g/mol. The van der Waals surface area contributed by atoms with Crippen molar-refractivity contribution in [1.82, 2.24) is 0 Å². The summed E-state index contributed by atoms with van der Waals surface area (Å²) in [5.74, 6) is 4.12. The van der Waals surface area contributed by atoms with Gasteiger partial charge in [-0.3, -0.25) is 0 Å². The van der Waals surface area contributed by atoms with Crippen LogP contribution in [0.15, 0.2) is 30.3 Å². The van der Waals surface area contributed by atoms with E-state index >= 15 is 0 Å². The largest absolute Gasteiger partial charge is 0.494 e. The zero-order valence-corrected chi connectivity index (χ0v) is 11.5. The van der Waals surface area contributed by atoms with Gasteiger partial charge in [-0.25, -0.2) is 0 Å². The van der Waals surface area contributed by atoms with Crippen molar-refractivity contribution < 1.29 is 4.74 Å². The van der Waals surface area contributed by atoms with E-state index in [9.17, 15) is 0 Å². The van der Waals surface area contributed by atoms with Crippen molar-refractivity contribution in [2.24, 2.45) is 5.92 Å².